The minimum atomic E-state index is -0.757. The van der Waals surface area contributed by atoms with Gasteiger partial charge in [-0.3, -0.25) is 0 Å². The van der Waals surface area contributed by atoms with Crippen LogP contribution in [0, 0.1) is 0 Å². The Morgan fingerprint density at radius 1 is 1.23 bits per heavy atom. The Balaban J connectivity index is 1.97. The third-order valence-corrected chi connectivity index (χ3v) is 4.36. The molecule has 0 spiro atoms. The molecule has 0 aliphatic carbocycles. The molecule has 1 aliphatic heterocycles. The number of fused-ring (bicyclic) bond motifs is 4. The number of halogens is 1. The Kier molecular flexibility index (Phi) is 3.96. The molecule has 4 rings (SSSR count). The number of rotatable bonds is 3. The van der Waals surface area contributed by atoms with Crippen molar-refractivity contribution in [1.29, 1.82) is 0 Å². The van der Waals surface area contributed by atoms with E-state index in [2.05, 4.69) is 10.1 Å². The van der Waals surface area contributed by atoms with E-state index in [4.69, 9.17) is 25.6 Å². The number of hydrogen-bond acceptors (Lipinski definition) is 7. The monoisotopic (exact) mass is 373 g/mol. The Labute approximate surface area is 151 Å². The smallest absolute Gasteiger partial charge is 0.336 e. The molecule has 3 heterocycles. The summed E-state index contributed by atoms with van der Waals surface area (Å²) >= 11 is 6.33. The number of ether oxygens (including phenoxy) is 2. The maximum atomic E-state index is 12.0. The van der Waals surface area contributed by atoms with Crippen LogP contribution in [0.15, 0.2) is 41.5 Å². The van der Waals surface area contributed by atoms with Gasteiger partial charge >= 0.3 is 11.9 Å². The fraction of sp³-hybridized carbons (Fsp3) is 0.176. The van der Waals surface area contributed by atoms with Crippen LogP contribution in [0.3, 0.4) is 0 Å². The Hall–Kier alpha value is -3.13. The predicted molar refractivity (Wildman–Crippen MR) is 90.1 cm³/mol. The summed E-state index contributed by atoms with van der Waals surface area (Å²) in [4.78, 5) is 27.8. The molecule has 3 aromatic rings. The summed E-state index contributed by atoms with van der Waals surface area (Å²) in [6.07, 6.45) is 7.74. The van der Waals surface area contributed by atoms with Gasteiger partial charge in [0.2, 0.25) is 0 Å². The summed E-state index contributed by atoms with van der Waals surface area (Å²) in [7, 11) is 0. The average molecular weight is 374 g/mol. The summed E-state index contributed by atoms with van der Waals surface area (Å²) in [5.74, 6) is -1.44. The first-order valence-corrected chi connectivity index (χ1v) is 8.17. The van der Waals surface area contributed by atoms with E-state index in [0.717, 1.165) is 12.2 Å². The fourth-order valence-electron chi connectivity index (χ4n) is 2.86. The van der Waals surface area contributed by atoms with Gasteiger partial charge in [-0.15, -0.1) is 0 Å². The van der Waals surface area contributed by atoms with Crippen molar-refractivity contribution >= 4 is 34.5 Å². The summed E-state index contributed by atoms with van der Waals surface area (Å²) in [5, 5.41) is 4.57. The molecule has 2 aromatic heterocycles. The first kappa shape index (κ1) is 16.3. The Morgan fingerprint density at radius 3 is 2.69 bits per heavy atom. The van der Waals surface area contributed by atoms with E-state index in [0.29, 0.717) is 17.5 Å². The fourth-order valence-corrected chi connectivity index (χ4v) is 3.08. The van der Waals surface area contributed by atoms with Crippen molar-refractivity contribution in [2.24, 2.45) is 0 Å². The molecule has 1 aromatic carbocycles. The molecule has 26 heavy (non-hydrogen) atoms. The van der Waals surface area contributed by atoms with Crippen LogP contribution < -0.4 is 9.47 Å². The van der Waals surface area contributed by atoms with Crippen molar-refractivity contribution in [3.8, 4) is 11.5 Å². The Bertz CT molecular complexity index is 1040. The third kappa shape index (κ3) is 2.64. The number of carbonyl (C=O) groups excluding carboxylic acids is 2. The van der Waals surface area contributed by atoms with Gasteiger partial charge in [0.15, 0.2) is 17.1 Å². The summed E-state index contributed by atoms with van der Waals surface area (Å²) in [5.41, 5.74) is 0.821. The molecule has 1 unspecified atom stereocenters. The van der Waals surface area contributed by atoms with Crippen molar-refractivity contribution in [2.75, 3.05) is 0 Å². The summed E-state index contributed by atoms with van der Waals surface area (Å²) < 4.78 is 17.8. The molecule has 8 nitrogen and oxygen atoms in total. The largest absolute Gasteiger partial charge is 0.421 e. The van der Waals surface area contributed by atoms with E-state index in [1.165, 1.54) is 6.07 Å². The minimum Gasteiger partial charge on any atom is -0.421 e. The number of esters is 2. The SMILES string of the molecule is CCC(c1noc2cc3c(Cl)c(c12)OC(=O)/C=C\C(=O)O3)n1ccnc1. The molecule has 2 bridgehead atoms. The first-order valence-electron chi connectivity index (χ1n) is 7.79. The van der Waals surface area contributed by atoms with E-state index < -0.39 is 11.9 Å². The number of nitrogens with zero attached hydrogens (tertiary/aromatic N) is 3. The lowest BCUT2D eigenvalue weighted by Gasteiger charge is -2.15. The van der Waals surface area contributed by atoms with Crippen molar-refractivity contribution < 1.29 is 23.6 Å². The average Bonchev–Trinajstić information content (AvgIpc) is 3.28. The molecular weight excluding hydrogens is 362 g/mol. The quantitative estimate of drug-likeness (QED) is 0.514. The van der Waals surface area contributed by atoms with E-state index in [9.17, 15) is 9.59 Å². The van der Waals surface area contributed by atoms with E-state index >= 15 is 0 Å². The molecule has 0 N–H and O–H groups in total. The molecule has 0 saturated carbocycles. The number of carbonyl (C=O) groups is 2. The van der Waals surface area contributed by atoms with Crippen LogP contribution in [-0.2, 0) is 9.59 Å². The lowest BCUT2D eigenvalue weighted by atomic mass is 10.1. The normalized spacial score (nSPS) is 16.4. The van der Waals surface area contributed by atoms with Crippen molar-refractivity contribution in [3.63, 3.8) is 0 Å². The van der Waals surface area contributed by atoms with E-state index in [1.54, 1.807) is 18.7 Å². The highest BCUT2D eigenvalue weighted by Crippen LogP contribution is 2.45. The van der Waals surface area contributed by atoms with Crippen molar-refractivity contribution in [1.82, 2.24) is 14.7 Å². The molecule has 0 radical (unpaired) electrons. The second kappa shape index (κ2) is 6.30. The molecule has 0 fully saturated rings. The zero-order valence-corrected chi connectivity index (χ0v) is 14.3. The highest BCUT2D eigenvalue weighted by Gasteiger charge is 2.28. The lowest BCUT2D eigenvalue weighted by Crippen LogP contribution is -2.10. The number of benzene rings is 1. The van der Waals surface area contributed by atoms with Gasteiger partial charge in [0, 0.05) is 30.6 Å². The molecule has 0 saturated heterocycles. The van der Waals surface area contributed by atoms with E-state index in [1.807, 2.05) is 11.5 Å². The predicted octanol–water partition coefficient (Wildman–Crippen LogP) is 3.06. The number of hydrogen-bond donors (Lipinski definition) is 0. The maximum Gasteiger partial charge on any atom is 0.336 e. The molecule has 1 atom stereocenters. The van der Waals surface area contributed by atoms with Gasteiger partial charge in [-0.25, -0.2) is 14.6 Å². The highest BCUT2D eigenvalue weighted by atomic mass is 35.5. The molecule has 9 heteroatoms. The number of imidazole rings is 1. The van der Waals surface area contributed by atoms with Gasteiger partial charge in [0.05, 0.1) is 17.8 Å². The zero-order valence-electron chi connectivity index (χ0n) is 13.5. The lowest BCUT2D eigenvalue weighted by molar-refractivity contribution is -0.131. The topological polar surface area (TPSA) is 96.5 Å². The highest BCUT2D eigenvalue weighted by molar-refractivity contribution is 6.35. The van der Waals surface area contributed by atoms with Crippen molar-refractivity contribution in [3.05, 3.63) is 47.7 Å². The first-order chi connectivity index (χ1) is 12.6. The molecule has 0 amide bonds. The van der Waals surface area contributed by atoms with Crippen LogP contribution in [0.1, 0.15) is 25.1 Å². The van der Waals surface area contributed by atoms with Gasteiger partial charge in [0.1, 0.15) is 10.7 Å². The van der Waals surface area contributed by atoms with Gasteiger partial charge in [-0.2, -0.15) is 0 Å². The van der Waals surface area contributed by atoms with E-state index in [-0.39, 0.29) is 28.1 Å². The molecule has 1 aliphatic rings. The van der Waals surface area contributed by atoms with Crippen LogP contribution in [0.2, 0.25) is 5.02 Å². The van der Waals surface area contributed by atoms with Crippen molar-refractivity contribution in [2.45, 2.75) is 19.4 Å². The van der Waals surface area contributed by atoms with Gasteiger partial charge < -0.3 is 18.6 Å². The van der Waals surface area contributed by atoms with Crippen LogP contribution >= 0.6 is 11.6 Å². The molecular formula is C17H12ClN3O5. The standard InChI is InChI=1S/C17H12ClN3O5/c1-2-9(21-6-5-19-8-21)16-14-10(26-20-16)7-11-15(18)17(14)25-13(23)4-3-12(22)24-11/h3-9H,2H2,1H3/b4-3-. The summed E-state index contributed by atoms with van der Waals surface area (Å²) in [6.45, 7) is 1.98. The van der Waals surface area contributed by atoms with Crippen LogP contribution in [0.4, 0.5) is 0 Å². The summed E-state index contributed by atoms with van der Waals surface area (Å²) in [6, 6.07) is 1.24. The Morgan fingerprint density at radius 2 is 2.00 bits per heavy atom. The van der Waals surface area contributed by atoms with Crippen LogP contribution in [-0.4, -0.2) is 26.6 Å². The second-order valence-corrected chi connectivity index (χ2v) is 5.95. The number of aromatic nitrogens is 3. The molecule has 132 valence electrons. The second-order valence-electron chi connectivity index (χ2n) is 5.57. The third-order valence-electron chi connectivity index (χ3n) is 4.01. The van der Waals surface area contributed by atoms with Crippen LogP contribution in [0.5, 0.6) is 11.5 Å². The van der Waals surface area contributed by atoms with Gasteiger partial charge in [0.25, 0.3) is 0 Å². The van der Waals surface area contributed by atoms with Gasteiger partial charge in [-0.1, -0.05) is 23.7 Å². The van der Waals surface area contributed by atoms with Gasteiger partial charge in [-0.05, 0) is 6.42 Å². The maximum absolute atomic E-state index is 12.0. The minimum absolute atomic E-state index is 0.00664. The zero-order chi connectivity index (χ0) is 18.3. The van der Waals surface area contributed by atoms with Crippen LogP contribution in [0.25, 0.3) is 11.0 Å².